The van der Waals surface area contributed by atoms with Gasteiger partial charge >= 0.3 is 0 Å². The van der Waals surface area contributed by atoms with E-state index in [-0.39, 0.29) is 0 Å². The van der Waals surface area contributed by atoms with Crippen LogP contribution in [0, 0.1) is 5.92 Å². The van der Waals surface area contributed by atoms with Crippen LogP contribution in [0.4, 0.5) is 0 Å². The molecule has 1 aliphatic rings. The zero-order chi connectivity index (χ0) is 11.3. The third kappa shape index (κ3) is 3.30. The molecule has 1 rings (SSSR count). The maximum absolute atomic E-state index is 12.1. The fourth-order valence-electron chi connectivity index (χ4n) is 2.44. The van der Waals surface area contributed by atoms with E-state index < -0.39 is 5.60 Å². The third-order valence-electron chi connectivity index (χ3n) is 3.50. The molecular weight excluding hydrogens is 188 g/mol. The minimum absolute atomic E-state index is 0.336. The number of rotatable bonds is 6. The Morgan fingerprint density at radius 3 is 2.40 bits per heavy atom. The summed E-state index contributed by atoms with van der Waals surface area (Å²) >= 11 is 0. The molecule has 0 radical (unpaired) electrons. The summed E-state index contributed by atoms with van der Waals surface area (Å²) in [5, 5.41) is 0. The Hall–Kier alpha value is -0.370. The van der Waals surface area contributed by atoms with Crippen LogP contribution >= 0.6 is 0 Å². The van der Waals surface area contributed by atoms with E-state index in [4.69, 9.17) is 4.74 Å². The van der Waals surface area contributed by atoms with Crippen LogP contribution in [0.25, 0.3) is 0 Å². The van der Waals surface area contributed by atoms with Gasteiger partial charge in [-0.05, 0) is 38.0 Å². The van der Waals surface area contributed by atoms with E-state index in [9.17, 15) is 4.79 Å². The predicted octanol–water partition coefficient (Wildman–Crippen LogP) is 3.34. The second-order valence-electron chi connectivity index (χ2n) is 5.11. The summed E-state index contributed by atoms with van der Waals surface area (Å²) in [7, 11) is 1.69. The minimum atomic E-state index is -0.406. The van der Waals surface area contributed by atoms with Gasteiger partial charge in [0, 0.05) is 13.5 Å². The molecule has 0 saturated heterocycles. The maximum atomic E-state index is 12.1. The van der Waals surface area contributed by atoms with Crippen molar-refractivity contribution >= 4 is 5.78 Å². The molecule has 0 heterocycles. The highest BCUT2D eigenvalue weighted by Gasteiger charge is 2.40. The van der Waals surface area contributed by atoms with Crippen LogP contribution in [0.2, 0.25) is 0 Å². The summed E-state index contributed by atoms with van der Waals surface area (Å²) in [6, 6.07) is 0. The maximum Gasteiger partial charge on any atom is 0.164 e. The number of ketones is 1. The van der Waals surface area contributed by atoms with Gasteiger partial charge in [-0.25, -0.2) is 0 Å². The molecule has 2 nitrogen and oxygen atoms in total. The van der Waals surface area contributed by atoms with Gasteiger partial charge in [-0.2, -0.15) is 0 Å². The Morgan fingerprint density at radius 2 is 1.93 bits per heavy atom. The van der Waals surface area contributed by atoms with E-state index in [2.05, 4.69) is 13.8 Å². The topological polar surface area (TPSA) is 26.3 Å². The van der Waals surface area contributed by atoms with Crippen molar-refractivity contribution in [3.8, 4) is 0 Å². The summed E-state index contributed by atoms with van der Waals surface area (Å²) in [5.74, 6) is 1.03. The van der Waals surface area contributed by atoms with Crippen LogP contribution < -0.4 is 0 Å². The Labute approximate surface area is 93.4 Å². The summed E-state index contributed by atoms with van der Waals surface area (Å²) in [6.45, 7) is 4.40. The summed E-state index contributed by atoms with van der Waals surface area (Å²) in [5.41, 5.74) is -0.406. The van der Waals surface area contributed by atoms with Gasteiger partial charge in [-0.1, -0.05) is 20.3 Å². The number of carbonyl (C=O) groups is 1. The number of ether oxygens (including phenoxy) is 1. The van der Waals surface area contributed by atoms with Crippen molar-refractivity contribution in [2.45, 2.75) is 64.4 Å². The minimum Gasteiger partial charge on any atom is -0.370 e. The smallest absolute Gasteiger partial charge is 0.164 e. The molecule has 15 heavy (non-hydrogen) atoms. The first-order valence-electron chi connectivity index (χ1n) is 6.19. The lowest BCUT2D eigenvalue weighted by molar-refractivity contribution is -0.140. The molecule has 0 unspecified atom stereocenters. The van der Waals surface area contributed by atoms with Gasteiger partial charge < -0.3 is 4.74 Å². The molecule has 0 atom stereocenters. The van der Waals surface area contributed by atoms with Crippen molar-refractivity contribution in [1.29, 1.82) is 0 Å². The average molecular weight is 212 g/mol. The Bertz CT molecular complexity index is 203. The zero-order valence-corrected chi connectivity index (χ0v) is 10.3. The summed E-state index contributed by atoms with van der Waals surface area (Å²) < 4.78 is 5.47. The number of carbonyl (C=O) groups excluding carboxylic acids is 1. The average Bonchev–Trinajstić information content (AvgIpc) is 2.66. The van der Waals surface area contributed by atoms with Crippen molar-refractivity contribution < 1.29 is 9.53 Å². The van der Waals surface area contributed by atoms with Crippen molar-refractivity contribution in [2.24, 2.45) is 5.92 Å². The summed E-state index contributed by atoms with van der Waals surface area (Å²) in [4.78, 5) is 12.1. The van der Waals surface area contributed by atoms with Crippen molar-refractivity contribution in [3.05, 3.63) is 0 Å². The normalized spacial score (nSPS) is 19.7. The molecule has 0 amide bonds. The molecule has 88 valence electrons. The third-order valence-corrected chi connectivity index (χ3v) is 3.50. The highest BCUT2D eigenvalue weighted by Crippen LogP contribution is 2.34. The highest BCUT2D eigenvalue weighted by atomic mass is 16.5. The molecule has 0 aliphatic heterocycles. The van der Waals surface area contributed by atoms with Gasteiger partial charge in [0.25, 0.3) is 0 Å². The summed E-state index contributed by atoms with van der Waals surface area (Å²) in [6.07, 6.45) is 7.01. The van der Waals surface area contributed by atoms with E-state index in [1.807, 2.05) is 0 Å². The second-order valence-corrected chi connectivity index (χ2v) is 5.11. The van der Waals surface area contributed by atoms with Crippen LogP contribution in [-0.2, 0) is 9.53 Å². The van der Waals surface area contributed by atoms with Crippen molar-refractivity contribution in [2.75, 3.05) is 7.11 Å². The lowest BCUT2D eigenvalue weighted by Gasteiger charge is -2.25. The number of hydrogen-bond donors (Lipinski definition) is 0. The molecule has 0 bridgehead atoms. The second kappa shape index (κ2) is 5.64. The van der Waals surface area contributed by atoms with Crippen LogP contribution in [0.15, 0.2) is 0 Å². The van der Waals surface area contributed by atoms with Crippen LogP contribution in [-0.4, -0.2) is 18.5 Å². The van der Waals surface area contributed by atoms with Crippen LogP contribution in [0.1, 0.15) is 58.8 Å². The van der Waals surface area contributed by atoms with Gasteiger partial charge in [0.1, 0.15) is 5.60 Å². The predicted molar refractivity (Wildman–Crippen MR) is 61.9 cm³/mol. The van der Waals surface area contributed by atoms with E-state index in [0.29, 0.717) is 18.1 Å². The largest absolute Gasteiger partial charge is 0.370 e. The monoisotopic (exact) mass is 212 g/mol. The van der Waals surface area contributed by atoms with Crippen LogP contribution in [0.3, 0.4) is 0 Å². The molecule has 1 fully saturated rings. The molecule has 0 aromatic rings. The lowest BCUT2D eigenvalue weighted by atomic mass is 9.91. The first-order chi connectivity index (χ1) is 7.10. The van der Waals surface area contributed by atoms with Gasteiger partial charge in [0.05, 0.1) is 0 Å². The molecule has 1 saturated carbocycles. The first-order valence-corrected chi connectivity index (χ1v) is 6.19. The van der Waals surface area contributed by atoms with Gasteiger partial charge in [-0.15, -0.1) is 0 Å². The fraction of sp³-hybridized carbons (Fsp3) is 0.923. The van der Waals surface area contributed by atoms with Gasteiger partial charge in [-0.3, -0.25) is 4.79 Å². The molecular formula is C13H24O2. The zero-order valence-electron chi connectivity index (χ0n) is 10.3. The lowest BCUT2D eigenvalue weighted by Crippen LogP contribution is -2.37. The van der Waals surface area contributed by atoms with E-state index in [0.717, 1.165) is 38.5 Å². The standard InChI is InChI=1S/C13H24O2/c1-11(2)7-6-8-12(14)13(15-3)9-4-5-10-13/h11H,4-10H2,1-3H3. The Kier molecular flexibility index (Phi) is 4.78. The van der Waals surface area contributed by atoms with E-state index in [1.165, 1.54) is 0 Å². The Balaban J connectivity index is 2.37. The fourth-order valence-corrected chi connectivity index (χ4v) is 2.44. The van der Waals surface area contributed by atoms with E-state index >= 15 is 0 Å². The molecule has 0 aromatic heterocycles. The molecule has 0 N–H and O–H groups in total. The molecule has 0 aromatic carbocycles. The quantitative estimate of drug-likeness (QED) is 0.675. The molecule has 2 heteroatoms. The van der Waals surface area contributed by atoms with Gasteiger partial charge in [0.2, 0.25) is 0 Å². The number of Topliss-reactive ketones (excluding diaryl/α,β-unsaturated/α-hetero) is 1. The Morgan fingerprint density at radius 1 is 1.33 bits per heavy atom. The molecule has 1 aliphatic carbocycles. The molecule has 0 spiro atoms. The van der Waals surface area contributed by atoms with Crippen molar-refractivity contribution in [3.63, 3.8) is 0 Å². The van der Waals surface area contributed by atoms with Crippen molar-refractivity contribution in [1.82, 2.24) is 0 Å². The number of hydrogen-bond acceptors (Lipinski definition) is 2. The van der Waals surface area contributed by atoms with Gasteiger partial charge in [0.15, 0.2) is 5.78 Å². The highest BCUT2D eigenvalue weighted by molar-refractivity contribution is 5.87. The first kappa shape index (κ1) is 12.7. The SMILES string of the molecule is COC1(C(=O)CCCC(C)C)CCCC1. The van der Waals surface area contributed by atoms with Crippen LogP contribution in [0.5, 0.6) is 0 Å². The number of methoxy groups -OCH3 is 1. The van der Waals surface area contributed by atoms with E-state index in [1.54, 1.807) is 7.11 Å².